The first-order chi connectivity index (χ1) is 45.1. The lowest BCUT2D eigenvalue weighted by Gasteiger charge is -2.41. The third-order valence-electron chi connectivity index (χ3n) is 22.0. The van der Waals surface area contributed by atoms with E-state index in [-0.39, 0.29) is 107 Å². The molecule has 12 atom stereocenters. The molecule has 1 spiro atoms. The molecule has 4 aliphatic carbocycles. The molecule has 0 bridgehead atoms. The van der Waals surface area contributed by atoms with Crippen molar-refractivity contribution in [1.29, 1.82) is 0 Å². The van der Waals surface area contributed by atoms with E-state index < -0.39 is 162 Å². The molecule has 3 unspecified atom stereocenters. The van der Waals surface area contributed by atoms with E-state index in [1.54, 1.807) is 34.9 Å². The molecule has 2 aliphatic heterocycles. The lowest BCUT2D eigenvalue weighted by atomic mass is 9.78. The predicted molar refractivity (Wildman–Crippen MR) is 356 cm³/mol. The molecule has 544 valence electrons. The molecule has 4 saturated carbocycles. The van der Waals surface area contributed by atoms with Crippen LogP contribution in [0.25, 0.3) is 0 Å². The maximum atomic E-state index is 15.5. The molecule has 0 radical (unpaired) electrons. The van der Waals surface area contributed by atoms with E-state index in [4.69, 9.17) is 16.3 Å². The van der Waals surface area contributed by atoms with Crippen LogP contribution in [0.15, 0.2) is 0 Å². The van der Waals surface area contributed by atoms with Gasteiger partial charge in [0.1, 0.15) is 41.8 Å². The van der Waals surface area contributed by atoms with Gasteiger partial charge in [0.25, 0.3) is 0 Å². The highest BCUT2D eigenvalue weighted by atomic mass is 35.5. The minimum atomic E-state index is -4.51. The van der Waals surface area contributed by atoms with Crippen LogP contribution in [0, 0.1) is 35.5 Å². The highest BCUT2D eigenvalue weighted by Crippen LogP contribution is 2.44. The Bertz CT molecular complexity index is 2730. The van der Waals surface area contributed by atoms with Gasteiger partial charge in [0.15, 0.2) is 0 Å². The van der Waals surface area contributed by atoms with E-state index >= 15 is 19.2 Å². The molecule has 6 aliphatic rings. The van der Waals surface area contributed by atoms with Gasteiger partial charge in [-0.15, -0.1) is 11.6 Å². The summed E-state index contributed by atoms with van der Waals surface area (Å²) in [6.07, 6.45) is 4.37. The Morgan fingerprint density at radius 1 is 0.615 bits per heavy atom. The number of fused-ring (bicyclic) bond motifs is 1. The Morgan fingerprint density at radius 3 is 1.81 bits per heavy atom. The average Bonchev–Trinajstić information content (AvgIpc) is 1.63. The topological polar surface area (TPSA) is 259 Å². The summed E-state index contributed by atoms with van der Waals surface area (Å²) in [6, 6.07) is -7.66. The number of nitrogens with one attached hydrogen (secondary N) is 3. The van der Waals surface area contributed by atoms with Gasteiger partial charge in [0, 0.05) is 86.7 Å². The first kappa shape index (κ1) is 79.2. The number of likely N-dealkylation sites (N-methyl/N-ethyl adjacent to an activating group) is 7. The first-order valence-electron chi connectivity index (χ1n) is 35.5. The molecule has 27 heteroatoms. The zero-order chi connectivity index (χ0) is 71.3. The van der Waals surface area contributed by atoms with Crippen LogP contribution >= 0.6 is 11.6 Å². The van der Waals surface area contributed by atoms with Gasteiger partial charge in [0.05, 0.1) is 31.7 Å². The maximum absolute atomic E-state index is 15.5. The number of carbonyl (C=O) groups excluding carboxylic acids is 11. The van der Waals surface area contributed by atoms with Crippen LogP contribution in [0.2, 0.25) is 0 Å². The summed E-state index contributed by atoms with van der Waals surface area (Å²) in [5.74, 6) is -9.34. The second-order valence-corrected chi connectivity index (χ2v) is 30.0. The van der Waals surface area contributed by atoms with E-state index in [9.17, 15) is 46.7 Å². The van der Waals surface area contributed by atoms with Crippen LogP contribution in [0.4, 0.5) is 13.2 Å². The maximum Gasteiger partial charge on any atom is 0.393 e. The van der Waals surface area contributed by atoms with Crippen LogP contribution in [0.5, 0.6) is 0 Å². The average molecular weight is 1380 g/mol. The standard InChI is InChI=1S/C69H113ClF3N11O12/c1-14-43(5)59-65(93)79(9)40-57(87)77(7)41-58(88)82(12)54(36-45-23-17-16-18-24-45)64(92)78(8)39-55(85)74-51(30-28-46-27-29-49(50(70)35-46)69(71,72)73)63(91)84-38-48(96-15-2)37-53(84)62(90)76-68(31-21-22-32-68)67(95)83(13)60(47-25-19-20-26-47)66(94)80(10)44(6)34-56(86)81(11)52(33-42(3)4)61(89)75-59/h42-54,59-60H,14-41H2,1-13H3,(H,74,85)(H,75,89)(H,76,90)/t43-,44+,46?,48+,49?,50?,51-,52-,53-,54-,59-,60-/m0/s1. The van der Waals surface area contributed by atoms with Crippen molar-refractivity contribution >= 4 is 76.6 Å². The second-order valence-electron chi connectivity index (χ2n) is 29.5. The van der Waals surface area contributed by atoms with Gasteiger partial charge in [-0.25, -0.2) is 0 Å². The molecule has 0 aromatic heterocycles. The predicted octanol–water partition coefficient (Wildman–Crippen LogP) is 6.12. The summed E-state index contributed by atoms with van der Waals surface area (Å²) in [5, 5.41) is 7.64. The van der Waals surface area contributed by atoms with Gasteiger partial charge in [-0.2, -0.15) is 13.2 Å². The van der Waals surface area contributed by atoms with Crippen molar-refractivity contribution in [2.24, 2.45) is 35.5 Å². The molecule has 6 rings (SSSR count). The van der Waals surface area contributed by atoms with Crippen LogP contribution in [-0.4, -0.2) is 252 Å². The van der Waals surface area contributed by atoms with Crippen molar-refractivity contribution in [3.05, 3.63) is 0 Å². The van der Waals surface area contributed by atoms with E-state index in [1.807, 2.05) is 20.8 Å². The molecule has 23 nitrogen and oxygen atoms in total. The van der Waals surface area contributed by atoms with Crippen LogP contribution in [0.1, 0.15) is 189 Å². The van der Waals surface area contributed by atoms with E-state index in [0.29, 0.717) is 32.1 Å². The number of halogens is 4. The molecule has 11 amide bonds. The summed E-state index contributed by atoms with van der Waals surface area (Å²) in [5.41, 5.74) is -1.51. The number of amides is 11. The van der Waals surface area contributed by atoms with Gasteiger partial charge in [-0.05, 0) is 114 Å². The summed E-state index contributed by atoms with van der Waals surface area (Å²) >= 11 is 6.41. The Morgan fingerprint density at radius 2 is 1.22 bits per heavy atom. The molecule has 0 aromatic rings. The fourth-order valence-electron chi connectivity index (χ4n) is 15.6. The van der Waals surface area contributed by atoms with Crippen LogP contribution in [-0.2, 0) is 57.5 Å². The fraction of sp³-hybridized carbons (Fsp3) is 0.841. The highest BCUT2D eigenvalue weighted by molar-refractivity contribution is 6.20. The monoisotopic (exact) mass is 1380 g/mol. The van der Waals surface area contributed by atoms with Crippen molar-refractivity contribution in [2.75, 3.05) is 82.1 Å². The SMILES string of the molecule is CCO[C@@H]1C[C@H]2C(=O)NC3(CCCC3)C(=O)N(C)[C@@H](C3CCCC3)C(=O)N(C)[C@H](C)CC(=O)N(C)[C@@H](CC(C)C)C(=O)N[C@@H]([C@@H](C)CC)C(=O)N(C)CC(=O)N(C)CC(=O)N(C)[C@@H](CC3CCCCC3)C(=O)N(C)CC(=O)N[C@@H](CCC3CCC(C(F)(F)F)C(Cl)C3)C(=O)N2C1. The fourth-order valence-corrected chi connectivity index (χ4v) is 16.1. The Hall–Kier alpha value is -5.79. The largest absolute Gasteiger partial charge is 0.393 e. The minimum absolute atomic E-state index is 0.00271. The van der Waals surface area contributed by atoms with Crippen molar-refractivity contribution in [3.8, 4) is 0 Å². The number of carbonyl (C=O) groups is 11. The number of hydrogen-bond donors (Lipinski definition) is 3. The molecule has 6 fully saturated rings. The molecule has 2 heterocycles. The quantitative estimate of drug-likeness (QED) is 0.187. The molecular weight excluding hydrogens is 1270 g/mol. The van der Waals surface area contributed by atoms with Gasteiger partial charge in [-0.1, -0.05) is 91.9 Å². The first-order valence-corrected chi connectivity index (χ1v) is 35.9. The summed E-state index contributed by atoms with van der Waals surface area (Å²) < 4.78 is 48.1. The van der Waals surface area contributed by atoms with Crippen molar-refractivity contribution < 1.29 is 70.6 Å². The summed E-state index contributed by atoms with van der Waals surface area (Å²) in [6.45, 7) is 9.46. The summed E-state index contributed by atoms with van der Waals surface area (Å²) in [4.78, 5) is 173. The van der Waals surface area contributed by atoms with Crippen molar-refractivity contribution in [2.45, 2.75) is 255 Å². The molecule has 0 aromatic carbocycles. The minimum Gasteiger partial charge on any atom is -0.377 e. The molecule has 96 heavy (non-hydrogen) atoms. The number of nitrogens with zero attached hydrogens (tertiary/aromatic N) is 8. The van der Waals surface area contributed by atoms with E-state index in [1.165, 1.54) is 64.6 Å². The van der Waals surface area contributed by atoms with Crippen LogP contribution in [0.3, 0.4) is 0 Å². The highest BCUT2D eigenvalue weighted by Gasteiger charge is 2.52. The zero-order valence-electron chi connectivity index (χ0n) is 59.4. The Labute approximate surface area is 572 Å². The zero-order valence-corrected chi connectivity index (χ0v) is 60.2. The smallest absolute Gasteiger partial charge is 0.377 e. The molecular formula is C69H113ClF3N11O12. The summed E-state index contributed by atoms with van der Waals surface area (Å²) in [7, 11) is 10.3. The molecule has 2 saturated heterocycles. The Kier molecular flexibility index (Phi) is 29.1. The molecule has 3 N–H and O–H groups in total. The number of rotatable bonds is 12. The van der Waals surface area contributed by atoms with Gasteiger partial charge >= 0.3 is 6.18 Å². The number of alkyl halides is 4. The van der Waals surface area contributed by atoms with Gasteiger partial charge < -0.3 is 59.9 Å². The van der Waals surface area contributed by atoms with Gasteiger partial charge in [0.2, 0.25) is 65.0 Å². The van der Waals surface area contributed by atoms with E-state index in [0.717, 1.165) is 54.7 Å². The second kappa shape index (κ2) is 35.3. The lowest BCUT2D eigenvalue weighted by molar-refractivity contribution is -0.182. The van der Waals surface area contributed by atoms with E-state index in [2.05, 4.69) is 16.0 Å². The third kappa shape index (κ3) is 20.2. The number of ether oxygens (including phenoxy) is 1. The van der Waals surface area contributed by atoms with Crippen LogP contribution < -0.4 is 16.0 Å². The lowest BCUT2D eigenvalue weighted by Crippen LogP contribution is -2.64. The van der Waals surface area contributed by atoms with Gasteiger partial charge in [-0.3, -0.25) is 52.7 Å². The normalized spacial score (nSPS) is 30.6. The third-order valence-corrected chi connectivity index (χ3v) is 22.4. The van der Waals surface area contributed by atoms with Crippen molar-refractivity contribution in [3.63, 3.8) is 0 Å². The number of hydrogen-bond acceptors (Lipinski definition) is 12. The van der Waals surface area contributed by atoms with Crippen molar-refractivity contribution in [1.82, 2.24) is 55.1 Å². The Balaban J connectivity index is 1.40.